The topological polar surface area (TPSA) is 65.5 Å². The molecule has 0 radical (unpaired) electrons. The summed E-state index contributed by atoms with van der Waals surface area (Å²) in [5.41, 5.74) is 3.31. The number of nitrogens with zero attached hydrogens (tertiary/aromatic N) is 6. The van der Waals surface area contributed by atoms with Gasteiger partial charge in [-0.25, -0.2) is 15.0 Å². The number of likely N-dealkylation sites (tertiary alicyclic amines) is 1. The van der Waals surface area contributed by atoms with E-state index in [1.165, 1.54) is 11.3 Å². The number of carbonyl (C=O) groups is 1. The molecule has 0 N–H and O–H groups in total. The normalized spacial score (nSPS) is 23.1. The Morgan fingerprint density at radius 1 is 1.10 bits per heavy atom. The van der Waals surface area contributed by atoms with Crippen molar-refractivity contribution < 1.29 is 4.79 Å². The van der Waals surface area contributed by atoms with E-state index in [2.05, 4.69) is 14.9 Å². The zero-order chi connectivity index (χ0) is 20.7. The number of anilines is 2. The van der Waals surface area contributed by atoms with Crippen LogP contribution in [0.3, 0.4) is 0 Å². The van der Waals surface area contributed by atoms with Crippen LogP contribution in [-0.2, 0) is 11.8 Å². The summed E-state index contributed by atoms with van der Waals surface area (Å²) >= 11 is 0. The average molecular weight is 407 g/mol. The monoisotopic (exact) mass is 406 g/mol. The van der Waals surface area contributed by atoms with Crippen molar-refractivity contribution in [3.05, 3.63) is 41.3 Å². The maximum Gasteiger partial charge on any atom is 0.254 e. The van der Waals surface area contributed by atoms with E-state index in [4.69, 9.17) is 4.98 Å². The molecule has 7 heteroatoms. The van der Waals surface area contributed by atoms with Crippen molar-refractivity contribution in [1.82, 2.24) is 19.9 Å². The minimum Gasteiger partial charge on any atom is -0.356 e. The van der Waals surface area contributed by atoms with Gasteiger partial charge in [0.2, 0.25) is 5.95 Å². The summed E-state index contributed by atoms with van der Waals surface area (Å²) in [5, 5.41) is 0. The number of rotatable bonds is 3. The van der Waals surface area contributed by atoms with E-state index in [0.29, 0.717) is 0 Å². The lowest BCUT2D eigenvalue weighted by molar-refractivity contribution is 0.0792. The number of hydrogen-bond donors (Lipinski definition) is 0. The first-order valence-corrected chi connectivity index (χ1v) is 11.1. The first-order chi connectivity index (χ1) is 14.6. The molecule has 1 aliphatic carbocycles. The Morgan fingerprint density at radius 3 is 2.73 bits per heavy atom. The highest BCUT2D eigenvalue weighted by Gasteiger charge is 2.44. The highest BCUT2D eigenvalue weighted by molar-refractivity contribution is 5.95. The van der Waals surface area contributed by atoms with E-state index >= 15 is 0 Å². The second-order valence-corrected chi connectivity index (χ2v) is 9.15. The van der Waals surface area contributed by atoms with Crippen LogP contribution in [0.15, 0.2) is 24.5 Å². The Bertz CT molecular complexity index is 950. The van der Waals surface area contributed by atoms with Crippen LogP contribution in [0.5, 0.6) is 0 Å². The summed E-state index contributed by atoms with van der Waals surface area (Å²) in [6, 6.07) is 3.84. The largest absolute Gasteiger partial charge is 0.356 e. The molecular formula is C23H30N6O. The highest BCUT2D eigenvalue weighted by atomic mass is 16.2. The van der Waals surface area contributed by atoms with Gasteiger partial charge in [-0.05, 0) is 56.2 Å². The molecule has 2 saturated heterocycles. The van der Waals surface area contributed by atoms with Crippen LogP contribution in [0.1, 0.15) is 53.7 Å². The SMILES string of the molecule is CN(C)c1ncc2c(n1)C1(CCCN(c3cc(C(=O)N4CCCC4)ccn3)C1)CC2. The Hall–Kier alpha value is -2.70. The van der Waals surface area contributed by atoms with Crippen LogP contribution in [-0.4, -0.2) is 66.0 Å². The van der Waals surface area contributed by atoms with Crippen molar-refractivity contribution in [1.29, 1.82) is 0 Å². The van der Waals surface area contributed by atoms with Crippen molar-refractivity contribution >= 4 is 17.7 Å². The summed E-state index contributed by atoms with van der Waals surface area (Å²) in [6.45, 7) is 3.61. The van der Waals surface area contributed by atoms with Gasteiger partial charge in [-0.15, -0.1) is 0 Å². The first kappa shape index (κ1) is 19.3. The fourth-order valence-electron chi connectivity index (χ4n) is 5.30. The Labute approximate surface area is 178 Å². The van der Waals surface area contributed by atoms with Crippen LogP contribution in [0.4, 0.5) is 11.8 Å². The van der Waals surface area contributed by atoms with Gasteiger partial charge in [0, 0.05) is 63.6 Å². The number of hydrogen-bond acceptors (Lipinski definition) is 6. The maximum absolute atomic E-state index is 12.9. The molecule has 4 heterocycles. The molecule has 3 aliphatic rings. The van der Waals surface area contributed by atoms with E-state index in [9.17, 15) is 4.79 Å². The molecule has 1 unspecified atom stereocenters. The van der Waals surface area contributed by atoms with Gasteiger partial charge in [-0.2, -0.15) is 0 Å². The van der Waals surface area contributed by atoms with Crippen LogP contribution < -0.4 is 9.80 Å². The van der Waals surface area contributed by atoms with Gasteiger partial charge >= 0.3 is 0 Å². The lowest BCUT2D eigenvalue weighted by Crippen LogP contribution is -2.46. The predicted molar refractivity (Wildman–Crippen MR) is 117 cm³/mol. The standard InChI is InChI=1S/C23H30N6O/c1-27(2)22-25-15-18-6-9-23(20(18)26-22)8-5-13-29(16-23)19-14-17(7-10-24-19)21(30)28-11-3-4-12-28/h7,10,14-15H,3-6,8-9,11-13,16H2,1-2H3. The van der Waals surface area contributed by atoms with E-state index in [1.54, 1.807) is 6.20 Å². The zero-order valence-corrected chi connectivity index (χ0v) is 18.0. The average Bonchev–Trinajstić information content (AvgIpc) is 3.42. The number of aryl methyl sites for hydroxylation is 1. The molecule has 2 aromatic heterocycles. The smallest absolute Gasteiger partial charge is 0.254 e. The molecule has 2 fully saturated rings. The molecule has 0 aromatic carbocycles. The second-order valence-electron chi connectivity index (χ2n) is 9.15. The third-order valence-electron chi connectivity index (χ3n) is 6.91. The molecule has 1 spiro atoms. The summed E-state index contributed by atoms with van der Waals surface area (Å²) in [6.07, 6.45) is 10.4. The molecular weight excluding hydrogens is 376 g/mol. The first-order valence-electron chi connectivity index (χ1n) is 11.1. The lowest BCUT2D eigenvalue weighted by Gasteiger charge is -2.41. The van der Waals surface area contributed by atoms with Gasteiger partial charge < -0.3 is 14.7 Å². The summed E-state index contributed by atoms with van der Waals surface area (Å²) < 4.78 is 0. The van der Waals surface area contributed by atoms with E-state index in [0.717, 1.165) is 82.0 Å². The fraction of sp³-hybridized carbons (Fsp3) is 0.565. The molecule has 2 aromatic rings. The molecule has 158 valence electrons. The number of piperidine rings is 1. The Balaban J connectivity index is 1.42. The molecule has 7 nitrogen and oxygen atoms in total. The molecule has 1 amide bonds. The molecule has 2 aliphatic heterocycles. The Kier molecular flexibility index (Phi) is 4.83. The summed E-state index contributed by atoms with van der Waals surface area (Å²) in [5.74, 6) is 1.83. The lowest BCUT2D eigenvalue weighted by atomic mass is 9.77. The van der Waals surface area contributed by atoms with Crippen molar-refractivity contribution in [3.63, 3.8) is 0 Å². The molecule has 1 atom stereocenters. The van der Waals surface area contributed by atoms with Crippen LogP contribution >= 0.6 is 0 Å². The van der Waals surface area contributed by atoms with Crippen molar-refractivity contribution in [2.45, 2.75) is 43.9 Å². The number of fused-ring (bicyclic) bond motifs is 2. The van der Waals surface area contributed by atoms with Crippen molar-refractivity contribution in [3.8, 4) is 0 Å². The molecule has 5 rings (SSSR count). The van der Waals surface area contributed by atoms with Crippen molar-refractivity contribution in [2.75, 3.05) is 50.1 Å². The third-order valence-corrected chi connectivity index (χ3v) is 6.91. The number of aromatic nitrogens is 3. The minimum atomic E-state index is 0.0535. The number of amides is 1. The van der Waals surface area contributed by atoms with Crippen molar-refractivity contribution in [2.24, 2.45) is 0 Å². The van der Waals surface area contributed by atoms with Crippen LogP contribution in [0, 0.1) is 0 Å². The van der Waals surface area contributed by atoms with Gasteiger partial charge in [-0.3, -0.25) is 4.79 Å². The van der Waals surface area contributed by atoms with Gasteiger partial charge in [0.25, 0.3) is 5.91 Å². The maximum atomic E-state index is 12.9. The summed E-state index contributed by atoms with van der Waals surface area (Å²) in [7, 11) is 3.98. The number of pyridine rings is 1. The van der Waals surface area contributed by atoms with E-state index in [1.807, 2.05) is 42.2 Å². The van der Waals surface area contributed by atoms with Crippen LogP contribution in [0.25, 0.3) is 0 Å². The van der Waals surface area contributed by atoms with E-state index < -0.39 is 0 Å². The van der Waals surface area contributed by atoms with Crippen LogP contribution in [0.2, 0.25) is 0 Å². The minimum absolute atomic E-state index is 0.0535. The fourth-order valence-corrected chi connectivity index (χ4v) is 5.30. The highest BCUT2D eigenvalue weighted by Crippen LogP contribution is 2.44. The third kappa shape index (κ3) is 3.30. The zero-order valence-electron chi connectivity index (χ0n) is 18.0. The van der Waals surface area contributed by atoms with Gasteiger partial charge in [0.05, 0.1) is 5.69 Å². The number of carbonyl (C=O) groups excluding carboxylic acids is 1. The predicted octanol–water partition coefficient (Wildman–Crippen LogP) is 2.66. The molecule has 0 bridgehead atoms. The second kappa shape index (κ2) is 7.52. The van der Waals surface area contributed by atoms with E-state index in [-0.39, 0.29) is 11.3 Å². The van der Waals surface area contributed by atoms with Gasteiger partial charge in [0.1, 0.15) is 5.82 Å². The summed E-state index contributed by atoms with van der Waals surface area (Å²) in [4.78, 5) is 33.3. The van der Waals surface area contributed by atoms with Gasteiger partial charge in [-0.1, -0.05) is 0 Å². The Morgan fingerprint density at radius 2 is 1.93 bits per heavy atom. The molecule has 0 saturated carbocycles. The van der Waals surface area contributed by atoms with Gasteiger partial charge in [0.15, 0.2) is 0 Å². The quantitative estimate of drug-likeness (QED) is 0.781. The molecule has 30 heavy (non-hydrogen) atoms.